The van der Waals surface area contributed by atoms with Gasteiger partial charge in [0.05, 0.1) is 36.6 Å². The second-order valence-electron chi connectivity index (χ2n) is 6.15. The number of ether oxygens (including phenoxy) is 4. The van der Waals surface area contributed by atoms with Gasteiger partial charge in [0.25, 0.3) is 5.91 Å². The second-order valence-corrected chi connectivity index (χ2v) is 7.16. The molecule has 1 heterocycles. The normalized spacial score (nSPS) is 11.5. The number of hydrogen-bond acceptors (Lipinski definition) is 7. The van der Waals surface area contributed by atoms with Crippen molar-refractivity contribution >= 4 is 33.4 Å². The molecule has 0 spiro atoms. The Bertz CT molecular complexity index is 1120. The first-order valence-corrected chi connectivity index (χ1v) is 9.93. The number of carbonyl (C=O) groups excluding carboxylic acids is 2. The van der Waals surface area contributed by atoms with E-state index in [4.69, 9.17) is 18.9 Å². The van der Waals surface area contributed by atoms with Crippen LogP contribution in [0.15, 0.2) is 47.5 Å². The Morgan fingerprint density at radius 2 is 1.83 bits per heavy atom. The topological polar surface area (TPSA) is 88.4 Å². The highest BCUT2D eigenvalue weighted by Gasteiger charge is 2.13. The van der Waals surface area contributed by atoms with E-state index in [0.29, 0.717) is 35.0 Å². The molecule has 0 aliphatic rings. The highest BCUT2D eigenvalue weighted by Crippen LogP contribution is 2.25. The zero-order chi connectivity index (χ0) is 21.5. The smallest absolute Gasteiger partial charge is 0.337 e. The van der Waals surface area contributed by atoms with E-state index in [-0.39, 0.29) is 6.61 Å². The second kappa shape index (κ2) is 10.0. The first-order valence-electron chi connectivity index (χ1n) is 9.11. The van der Waals surface area contributed by atoms with Crippen molar-refractivity contribution in [2.24, 2.45) is 4.99 Å². The number of fused-ring (bicyclic) bond motifs is 1. The molecule has 2 aromatic carbocycles. The minimum absolute atomic E-state index is 0.230. The van der Waals surface area contributed by atoms with E-state index in [1.807, 2.05) is 16.7 Å². The number of thiazole rings is 1. The zero-order valence-corrected chi connectivity index (χ0v) is 17.7. The molecule has 0 fully saturated rings. The molecule has 0 saturated carbocycles. The number of esters is 1. The summed E-state index contributed by atoms with van der Waals surface area (Å²) in [5.41, 5.74) is 1.28. The van der Waals surface area contributed by atoms with Crippen LogP contribution in [0.5, 0.6) is 11.5 Å². The number of aromatic nitrogens is 1. The molecule has 0 aliphatic heterocycles. The van der Waals surface area contributed by atoms with Crippen LogP contribution in [-0.4, -0.2) is 51.0 Å². The van der Waals surface area contributed by atoms with E-state index in [1.165, 1.54) is 25.6 Å². The Hall–Kier alpha value is -3.17. The summed E-state index contributed by atoms with van der Waals surface area (Å²) in [6.07, 6.45) is 0. The fourth-order valence-corrected chi connectivity index (χ4v) is 3.93. The molecule has 0 saturated heterocycles. The lowest BCUT2D eigenvalue weighted by Gasteiger charge is -2.08. The molecule has 1 aromatic heterocycles. The highest BCUT2D eigenvalue weighted by atomic mass is 32.1. The van der Waals surface area contributed by atoms with Gasteiger partial charge in [-0.2, -0.15) is 4.99 Å². The summed E-state index contributed by atoms with van der Waals surface area (Å²) in [5.74, 6) is 0.146. The van der Waals surface area contributed by atoms with Crippen LogP contribution in [0, 0.1) is 0 Å². The number of methoxy groups -OCH3 is 3. The van der Waals surface area contributed by atoms with Gasteiger partial charge in [0.2, 0.25) is 0 Å². The molecule has 0 unspecified atom stereocenters. The fraction of sp³-hybridized carbons (Fsp3) is 0.286. The van der Waals surface area contributed by atoms with Gasteiger partial charge in [-0.3, -0.25) is 4.79 Å². The van der Waals surface area contributed by atoms with Crippen molar-refractivity contribution in [2.45, 2.75) is 6.54 Å². The molecule has 1 amide bonds. The largest absolute Gasteiger partial charge is 0.493 e. The summed E-state index contributed by atoms with van der Waals surface area (Å²) in [7, 11) is 4.47. The maximum Gasteiger partial charge on any atom is 0.337 e. The van der Waals surface area contributed by atoms with Crippen LogP contribution in [0.1, 0.15) is 10.4 Å². The van der Waals surface area contributed by atoms with Crippen molar-refractivity contribution < 1.29 is 28.5 Å². The molecule has 30 heavy (non-hydrogen) atoms. The molecule has 0 atom stereocenters. The predicted octanol–water partition coefficient (Wildman–Crippen LogP) is 2.65. The molecule has 3 aromatic rings. The van der Waals surface area contributed by atoms with Crippen LogP contribution in [0.25, 0.3) is 10.2 Å². The van der Waals surface area contributed by atoms with E-state index >= 15 is 0 Å². The number of hydrogen-bond donors (Lipinski definition) is 0. The average molecular weight is 430 g/mol. The molecular weight excluding hydrogens is 408 g/mol. The van der Waals surface area contributed by atoms with Gasteiger partial charge < -0.3 is 23.5 Å². The number of carbonyl (C=O) groups is 2. The maximum absolute atomic E-state index is 12.5. The number of amides is 1. The molecule has 0 radical (unpaired) electrons. The van der Waals surface area contributed by atoms with E-state index in [1.54, 1.807) is 37.4 Å². The maximum atomic E-state index is 12.5. The van der Waals surface area contributed by atoms with Gasteiger partial charge in [-0.05, 0) is 30.3 Å². The first-order chi connectivity index (χ1) is 14.6. The lowest BCUT2D eigenvalue weighted by molar-refractivity contribution is -0.120. The molecule has 0 aliphatic carbocycles. The van der Waals surface area contributed by atoms with E-state index in [2.05, 4.69) is 4.99 Å². The van der Waals surface area contributed by atoms with Crippen LogP contribution in [0.4, 0.5) is 0 Å². The molecule has 0 N–H and O–H groups in total. The summed E-state index contributed by atoms with van der Waals surface area (Å²) in [6, 6.07) is 12.3. The predicted molar refractivity (Wildman–Crippen MR) is 112 cm³/mol. The minimum Gasteiger partial charge on any atom is -0.493 e. The van der Waals surface area contributed by atoms with Crippen LogP contribution in [-0.2, 0) is 20.8 Å². The van der Waals surface area contributed by atoms with E-state index < -0.39 is 11.9 Å². The van der Waals surface area contributed by atoms with E-state index in [9.17, 15) is 9.59 Å². The summed E-state index contributed by atoms with van der Waals surface area (Å²) >= 11 is 1.31. The Morgan fingerprint density at radius 3 is 2.53 bits per heavy atom. The third-order valence-electron chi connectivity index (χ3n) is 4.26. The Kier molecular flexibility index (Phi) is 7.21. The zero-order valence-electron chi connectivity index (χ0n) is 16.9. The van der Waals surface area contributed by atoms with Gasteiger partial charge in [-0.25, -0.2) is 4.79 Å². The van der Waals surface area contributed by atoms with Gasteiger partial charge in [0.1, 0.15) is 0 Å². The van der Waals surface area contributed by atoms with Crippen molar-refractivity contribution in [1.29, 1.82) is 0 Å². The van der Waals surface area contributed by atoms with Crippen LogP contribution in [0.3, 0.4) is 0 Å². The standard InChI is InChI=1S/C21H22N2O6S/c1-26-11-10-23-15-9-8-14(20(25)28-3)12-18(15)30-21(23)22-19(24)13-29-17-7-5-4-6-16(17)27-2/h4-9,12H,10-11,13H2,1-3H3. The monoisotopic (exact) mass is 430 g/mol. The van der Waals surface area contributed by atoms with Gasteiger partial charge in [-0.1, -0.05) is 23.5 Å². The molecule has 3 rings (SSSR count). The van der Waals surface area contributed by atoms with Crippen LogP contribution in [0.2, 0.25) is 0 Å². The number of para-hydroxylation sites is 2. The number of nitrogens with zero attached hydrogens (tertiary/aromatic N) is 2. The lowest BCUT2D eigenvalue weighted by Crippen LogP contribution is -2.21. The highest BCUT2D eigenvalue weighted by molar-refractivity contribution is 7.16. The number of rotatable bonds is 8. The average Bonchev–Trinajstić information content (AvgIpc) is 3.11. The first kappa shape index (κ1) is 21.5. The molecule has 0 bridgehead atoms. The van der Waals surface area contributed by atoms with E-state index in [0.717, 1.165) is 10.2 Å². The molecule has 8 nitrogen and oxygen atoms in total. The summed E-state index contributed by atoms with van der Waals surface area (Å²) < 4.78 is 23.4. The fourth-order valence-electron chi connectivity index (χ4n) is 2.82. The molecule has 158 valence electrons. The van der Waals surface area contributed by atoms with Crippen LogP contribution >= 0.6 is 11.3 Å². The third kappa shape index (κ3) is 4.87. The molecular formula is C21H22N2O6S. The van der Waals surface area contributed by atoms with Crippen molar-refractivity contribution in [3.63, 3.8) is 0 Å². The van der Waals surface area contributed by atoms with Crippen molar-refractivity contribution in [2.75, 3.05) is 34.5 Å². The van der Waals surface area contributed by atoms with Gasteiger partial charge >= 0.3 is 5.97 Å². The van der Waals surface area contributed by atoms with Crippen molar-refractivity contribution in [3.8, 4) is 11.5 Å². The quantitative estimate of drug-likeness (QED) is 0.511. The molecule has 9 heteroatoms. The Balaban J connectivity index is 1.90. The van der Waals surface area contributed by atoms with Crippen molar-refractivity contribution in [3.05, 3.63) is 52.8 Å². The SMILES string of the molecule is COCCn1c(=NC(=O)COc2ccccc2OC)sc2cc(C(=O)OC)ccc21. The van der Waals surface area contributed by atoms with Gasteiger partial charge in [-0.15, -0.1) is 0 Å². The van der Waals surface area contributed by atoms with Crippen LogP contribution < -0.4 is 14.3 Å². The number of benzene rings is 2. The summed E-state index contributed by atoms with van der Waals surface area (Å²) in [5, 5.41) is 0. The summed E-state index contributed by atoms with van der Waals surface area (Å²) in [6.45, 7) is 0.726. The summed E-state index contributed by atoms with van der Waals surface area (Å²) in [4.78, 5) is 29.0. The van der Waals surface area contributed by atoms with Gasteiger partial charge in [0, 0.05) is 13.7 Å². The van der Waals surface area contributed by atoms with Crippen molar-refractivity contribution in [1.82, 2.24) is 4.57 Å². The Morgan fingerprint density at radius 1 is 1.07 bits per heavy atom. The lowest BCUT2D eigenvalue weighted by atomic mass is 10.2. The van der Waals surface area contributed by atoms with Gasteiger partial charge in [0.15, 0.2) is 22.9 Å². The third-order valence-corrected chi connectivity index (χ3v) is 5.30. The Labute approximate surface area is 177 Å². The minimum atomic E-state index is -0.438.